The monoisotopic (exact) mass is 325 g/mol. The van der Waals surface area contributed by atoms with E-state index in [1.165, 1.54) is 60.1 Å². The second kappa shape index (κ2) is 7.44. The number of rotatable bonds is 6. The third kappa shape index (κ3) is 4.11. The first-order valence-corrected chi connectivity index (χ1v) is 9.70. The van der Waals surface area contributed by atoms with Crippen molar-refractivity contribution in [3.05, 3.63) is 47.0 Å². The van der Waals surface area contributed by atoms with E-state index in [1.54, 1.807) is 0 Å². The van der Waals surface area contributed by atoms with Crippen LogP contribution in [0.25, 0.3) is 16.6 Å². The van der Waals surface area contributed by atoms with E-state index in [0.717, 1.165) is 10.9 Å². The lowest BCUT2D eigenvalue weighted by Gasteiger charge is -2.10. The van der Waals surface area contributed by atoms with E-state index < -0.39 is 0 Å². The first-order valence-electron chi connectivity index (χ1n) is 8.88. The van der Waals surface area contributed by atoms with E-state index in [0.29, 0.717) is 5.92 Å². The minimum atomic E-state index is 0.547. The molecule has 0 amide bonds. The van der Waals surface area contributed by atoms with Crippen LogP contribution in [0.1, 0.15) is 67.9 Å². The summed E-state index contributed by atoms with van der Waals surface area (Å²) < 4.78 is 0. The van der Waals surface area contributed by atoms with Crippen molar-refractivity contribution in [2.75, 3.05) is 0 Å². The summed E-state index contributed by atoms with van der Waals surface area (Å²) in [5, 5.41) is 1.14. The third-order valence-corrected chi connectivity index (χ3v) is 6.25. The highest BCUT2D eigenvalue weighted by Gasteiger charge is 2.15. The Kier molecular flexibility index (Phi) is 5.32. The Morgan fingerprint density at radius 3 is 2.70 bits per heavy atom. The predicted octanol–water partition coefficient (Wildman–Crippen LogP) is 6.70. The highest BCUT2D eigenvalue weighted by atomic mass is 32.1. The second-order valence-corrected chi connectivity index (χ2v) is 8.14. The fourth-order valence-electron chi connectivity index (χ4n) is 3.46. The van der Waals surface area contributed by atoms with Gasteiger partial charge in [-0.3, -0.25) is 0 Å². The van der Waals surface area contributed by atoms with Crippen LogP contribution in [-0.4, -0.2) is 4.98 Å². The van der Waals surface area contributed by atoms with Crippen molar-refractivity contribution in [3.63, 3.8) is 0 Å². The van der Waals surface area contributed by atoms with Gasteiger partial charge in [-0.05, 0) is 47.9 Å². The Bertz CT molecular complexity index is 662. The summed E-state index contributed by atoms with van der Waals surface area (Å²) in [5.74, 6) is 1.49. The van der Waals surface area contributed by atoms with Crippen LogP contribution in [0.5, 0.6) is 0 Å². The molecule has 23 heavy (non-hydrogen) atoms. The highest BCUT2D eigenvalue weighted by Crippen LogP contribution is 2.32. The summed E-state index contributed by atoms with van der Waals surface area (Å²) >= 11 is 1.82. The normalized spacial score (nSPS) is 15.4. The van der Waals surface area contributed by atoms with Gasteiger partial charge in [-0.1, -0.05) is 58.3 Å². The Balaban J connectivity index is 1.81. The van der Waals surface area contributed by atoms with Gasteiger partial charge in [0.1, 0.15) is 5.01 Å². The largest absolute Gasteiger partial charge is 0.244 e. The fourth-order valence-corrected chi connectivity index (χ4v) is 4.37. The van der Waals surface area contributed by atoms with Crippen LogP contribution < -0.4 is 0 Å². The Morgan fingerprint density at radius 2 is 2.04 bits per heavy atom. The zero-order chi connectivity index (χ0) is 16.2. The van der Waals surface area contributed by atoms with Crippen molar-refractivity contribution in [2.45, 2.75) is 58.3 Å². The van der Waals surface area contributed by atoms with Crippen molar-refractivity contribution >= 4 is 17.4 Å². The molecule has 0 atom stereocenters. The molecular weight excluding hydrogens is 298 g/mol. The van der Waals surface area contributed by atoms with Gasteiger partial charge in [0.05, 0.1) is 0 Å². The van der Waals surface area contributed by atoms with Gasteiger partial charge in [-0.2, -0.15) is 0 Å². The molecule has 2 heteroatoms. The van der Waals surface area contributed by atoms with Crippen molar-refractivity contribution in [1.82, 2.24) is 4.98 Å². The number of thiazole rings is 1. The molecule has 0 aliphatic heterocycles. The zero-order valence-corrected chi connectivity index (χ0v) is 15.2. The summed E-state index contributed by atoms with van der Waals surface area (Å²) in [6, 6.07) is 6.85. The standard InChI is InChI=1S/C21H27NS/c1-4-16-11-18(10-9-17-7-5-6-8-17)13-19(12-16)21-22-14-20(23-21)15(2)3/h4,11-15,17H,1,5-10H2,2-3H3. The first-order chi connectivity index (χ1) is 11.2. The Labute approximate surface area is 144 Å². The van der Waals surface area contributed by atoms with E-state index in [-0.39, 0.29) is 0 Å². The van der Waals surface area contributed by atoms with Crippen molar-refractivity contribution in [1.29, 1.82) is 0 Å². The maximum absolute atomic E-state index is 4.65. The van der Waals surface area contributed by atoms with Crippen LogP contribution in [0.2, 0.25) is 0 Å². The lowest BCUT2D eigenvalue weighted by molar-refractivity contribution is 0.504. The molecule has 1 nitrogen and oxygen atoms in total. The summed E-state index contributed by atoms with van der Waals surface area (Å²) in [4.78, 5) is 6.00. The molecule has 1 saturated carbocycles. The van der Waals surface area contributed by atoms with Crippen LogP contribution in [-0.2, 0) is 6.42 Å². The summed E-state index contributed by atoms with van der Waals surface area (Å²) in [7, 11) is 0. The van der Waals surface area contributed by atoms with E-state index in [1.807, 2.05) is 23.6 Å². The van der Waals surface area contributed by atoms with E-state index in [4.69, 9.17) is 0 Å². The minimum absolute atomic E-state index is 0.547. The molecule has 1 aliphatic rings. The molecule has 0 N–H and O–H groups in total. The molecule has 3 rings (SSSR count). The molecule has 1 aliphatic carbocycles. The average molecular weight is 326 g/mol. The van der Waals surface area contributed by atoms with Gasteiger partial charge < -0.3 is 0 Å². The number of hydrogen-bond acceptors (Lipinski definition) is 2. The lowest BCUT2D eigenvalue weighted by atomic mass is 9.96. The fraction of sp³-hybridized carbons (Fsp3) is 0.476. The van der Waals surface area contributed by atoms with Gasteiger partial charge in [0.25, 0.3) is 0 Å². The number of benzene rings is 1. The molecular formula is C21H27NS. The van der Waals surface area contributed by atoms with Crippen molar-refractivity contribution in [2.24, 2.45) is 5.92 Å². The molecule has 0 saturated heterocycles. The molecule has 0 radical (unpaired) electrons. The molecule has 0 unspecified atom stereocenters. The van der Waals surface area contributed by atoms with Crippen LogP contribution in [0.3, 0.4) is 0 Å². The molecule has 1 aromatic carbocycles. The van der Waals surface area contributed by atoms with Gasteiger partial charge >= 0.3 is 0 Å². The molecule has 2 aromatic rings. The van der Waals surface area contributed by atoms with Crippen LogP contribution in [0, 0.1) is 5.92 Å². The van der Waals surface area contributed by atoms with Crippen molar-refractivity contribution in [3.8, 4) is 10.6 Å². The van der Waals surface area contributed by atoms with Gasteiger partial charge in [0, 0.05) is 16.6 Å². The van der Waals surface area contributed by atoms with Gasteiger partial charge in [0.2, 0.25) is 0 Å². The molecule has 122 valence electrons. The number of hydrogen-bond donors (Lipinski definition) is 0. The highest BCUT2D eigenvalue weighted by molar-refractivity contribution is 7.15. The quantitative estimate of drug-likeness (QED) is 0.576. The maximum atomic E-state index is 4.65. The second-order valence-electron chi connectivity index (χ2n) is 7.08. The van der Waals surface area contributed by atoms with E-state index in [2.05, 4.69) is 43.6 Å². The number of aryl methyl sites for hydroxylation is 1. The predicted molar refractivity (Wildman–Crippen MR) is 102 cm³/mol. The van der Waals surface area contributed by atoms with Crippen molar-refractivity contribution < 1.29 is 0 Å². The Morgan fingerprint density at radius 1 is 1.26 bits per heavy atom. The zero-order valence-electron chi connectivity index (χ0n) is 14.3. The topological polar surface area (TPSA) is 12.9 Å². The number of aromatic nitrogens is 1. The molecule has 1 aromatic heterocycles. The third-order valence-electron chi connectivity index (χ3n) is 4.91. The number of nitrogens with zero attached hydrogens (tertiary/aromatic N) is 1. The van der Waals surface area contributed by atoms with Crippen LogP contribution in [0.4, 0.5) is 0 Å². The van der Waals surface area contributed by atoms with Crippen LogP contribution >= 0.6 is 11.3 Å². The molecule has 0 bridgehead atoms. The van der Waals surface area contributed by atoms with Gasteiger partial charge in [-0.25, -0.2) is 4.98 Å². The summed E-state index contributed by atoms with van der Waals surface area (Å²) in [5.41, 5.74) is 3.90. The van der Waals surface area contributed by atoms with Gasteiger partial charge in [0.15, 0.2) is 0 Å². The minimum Gasteiger partial charge on any atom is -0.244 e. The first kappa shape index (κ1) is 16.4. The SMILES string of the molecule is C=Cc1cc(CCC2CCCC2)cc(-c2ncc(C(C)C)s2)c1. The van der Waals surface area contributed by atoms with Gasteiger partial charge in [-0.15, -0.1) is 11.3 Å². The Hall–Kier alpha value is -1.41. The molecule has 1 heterocycles. The summed E-state index contributed by atoms with van der Waals surface area (Å²) in [6.45, 7) is 8.41. The summed E-state index contributed by atoms with van der Waals surface area (Å²) in [6.07, 6.45) is 12.2. The average Bonchev–Trinajstić information content (AvgIpc) is 3.24. The molecule has 0 spiro atoms. The smallest absolute Gasteiger partial charge is 0.123 e. The maximum Gasteiger partial charge on any atom is 0.123 e. The lowest BCUT2D eigenvalue weighted by Crippen LogP contribution is -1.97. The van der Waals surface area contributed by atoms with Crippen LogP contribution in [0.15, 0.2) is 31.0 Å². The molecule has 1 fully saturated rings. The van der Waals surface area contributed by atoms with E-state index >= 15 is 0 Å². The van der Waals surface area contributed by atoms with E-state index in [9.17, 15) is 0 Å².